The molecule has 0 saturated heterocycles. The minimum absolute atomic E-state index is 0.00545. The van der Waals surface area contributed by atoms with Crippen molar-refractivity contribution in [2.45, 2.75) is 375 Å². The Morgan fingerprint density at radius 2 is 0.611 bits per heavy atom. The van der Waals surface area contributed by atoms with E-state index in [9.17, 15) is 14.4 Å². The summed E-state index contributed by atoms with van der Waals surface area (Å²) < 4.78 is 11.6. The highest BCUT2D eigenvalue weighted by Gasteiger charge is 2.22. The molecule has 0 aliphatic rings. The van der Waals surface area contributed by atoms with Gasteiger partial charge in [0.05, 0.1) is 13.2 Å². The Balaban J connectivity index is 4.73. The fraction of sp³-hybridized carbons (Fsp3) is 0.955. The van der Waals surface area contributed by atoms with Crippen LogP contribution in [-0.2, 0) is 23.9 Å². The Labute approximate surface area is 451 Å². The Kier molecular flexibility index (Phi) is 55.9. The van der Waals surface area contributed by atoms with Crippen molar-refractivity contribution in [2.75, 3.05) is 19.8 Å². The van der Waals surface area contributed by atoms with E-state index in [2.05, 4.69) is 46.4 Å². The SMILES string of the molecule is CCCCCCCCCC(CCCCCC)COC(=O)CCCCCCCCC(CCCCCCCCCC(=O)OCCC(CCCCCC)CCCCCCCC)N(CCC)C(=O)CCCCCCCC. The maximum Gasteiger partial charge on any atom is 0.305 e. The summed E-state index contributed by atoms with van der Waals surface area (Å²) in [4.78, 5) is 41.4. The lowest BCUT2D eigenvalue weighted by Gasteiger charge is -2.32. The van der Waals surface area contributed by atoms with E-state index in [1.807, 2.05) is 0 Å². The van der Waals surface area contributed by atoms with Crippen molar-refractivity contribution in [1.82, 2.24) is 4.90 Å². The fourth-order valence-electron chi connectivity index (χ4n) is 11.1. The number of carbonyl (C=O) groups is 3. The molecule has 6 nitrogen and oxygen atoms in total. The summed E-state index contributed by atoms with van der Waals surface area (Å²) in [5.41, 5.74) is 0. The second-order valence-electron chi connectivity index (χ2n) is 23.0. The van der Waals surface area contributed by atoms with Crippen molar-refractivity contribution in [2.24, 2.45) is 11.8 Å². The van der Waals surface area contributed by atoms with Crippen LogP contribution in [0, 0.1) is 11.8 Å². The van der Waals surface area contributed by atoms with Gasteiger partial charge in [-0.2, -0.15) is 0 Å². The lowest BCUT2D eigenvalue weighted by atomic mass is 9.92. The quantitative estimate of drug-likeness (QED) is 0.0448. The number of hydrogen-bond acceptors (Lipinski definition) is 5. The van der Waals surface area contributed by atoms with E-state index in [0.717, 1.165) is 64.3 Å². The molecule has 3 atom stereocenters. The van der Waals surface area contributed by atoms with Gasteiger partial charge in [-0.15, -0.1) is 0 Å². The predicted octanol–water partition coefficient (Wildman–Crippen LogP) is 21.5. The molecule has 0 saturated carbocycles. The van der Waals surface area contributed by atoms with Crippen LogP contribution >= 0.6 is 0 Å². The topological polar surface area (TPSA) is 72.9 Å². The summed E-state index contributed by atoms with van der Waals surface area (Å²) in [7, 11) is 0. The first-order valence-electron chi connectivity index (χ1n) is 33.0. The number of unbranched alkanes of at least 4 members (excludes halogenated alkanes) is 33. The lowest BCUT2D eigenvalue weighted by Crippen LogP contribution is -2.41. The van der Waals surface area contributed by atoms with Gasteiger partial charge < -0.3 is 14.4 Å². The highest BCUT2D eigenvalue weighted by Crippen LogP contribution is 2.25. The average Bonchev–Trinajstić information content (AvgIpc) is 3.38. The molecule has 0 spiro atoms. The first-order chi connectivity index (χ1) is 35.4. The van der Waals surface area contributed by atoms with E-state index in [0.29, 0.717) is 56.3 Å². The second kappa shape index (κ2) is 57.1. The Morgan fingerprint density at radius 3 is 1.00 bits per heavy atom. The molecule has 72 heavy (non-hydrogen) atoms. The number of ether oxygens (including phenoxy) is 2. The first kappa shape index (κ1) is 70.4. The van der Waals surface area contributed by atoms with Gasteiger partial charge in [0, 0.05) is 31.8 Å². The molecule has 0 aliphatic heterocycles. The van der Waals surface area contributed by atoms with Crippen molar-refractivity contribution in [3.8, 4) is 0 Å². The molecule has 0 radical (unpaired) electrons. The summed E-state index contributed by atoms with van der Waals surface area (Å²) in [6, 6.07) is 0.353. The van der Waals surface area contributed by atoms with Gasteiger partial charge in [0.2, 0.25) is 5.91 Å². The molecular weight excluding hydrogens is 887 g/mol. The van der Waals surface area contributed by atoms with Gasteiger partial charge in [-0.25, -0.2) is 0 Å². The molecule has 0 N–H and O–H groups in total. The number of hydrogen-bond donors (Lipinski definition) is 0. The third-order valence-electron chi connectivity index (χ3n) is 15.9. The van der Waals surface area contributed by atoms with Crippen LogP contribution in [0.5, 0.6) is 0 Å². The standard InChI is InChI=1S/C66H129NO5/c1-7-13-18-23-27-33-42-51-62(50-40-22-17-11-5)60-72-66(70)56-47-38-31-30-35-44-53-63(67(58-12-6)64(68)54-45-36-25-20-15-9-3)52-43-34-28-26-29-37-46-55-65(69)71-59-57-61(48-39-21-16-10-4)49-41-32-24-19-14-8-2/h61-63H,7-60H2,1-6H3. The minimum Gasteiger partial charge on any atom is -0.466 e. The summed E-state index contributed by atoms with van der Waals surface area (Å²) in [5, 5.41) is 0. The molecule has 0 aromatic rings. The van der Waals surface area contributed by atoms with Crippen LogP contribution in [0.3, 0.4) is 0 Å². The zero-order chi connectivity index (χ0) is 52.6. The van der Waals surface area contributed by atoms with Gasteiger partial charge in [-0.05, 0) is 69.6 Å². The number of amides is 1. The zero-order valence-corrected chi connectivity index (χ0v) is 49.9. The molecule has 1 amide bonds. The second-order valence-corrected chi connectivity index (χ2v) is 23.0. The van der Waals surface area contributed by atoms with Crippen LogP contribution in [0.25, 0.3) is 0 Å². The average molecular weight is 1020 g/mol. The van der Waals surface area contributed by atoms with Gasteiger partial charge in [0.1, 0.15) is 0 Å². The van der Waals surface area contributed by atoms with Crippen molar-refractivity contribution >= 4 is 17.8 Å². The molecule has 0 fully saturated rings. The molecule has 0 bridgehead atoms. The molecule has 0 rings (SSSR count). The van der Waals surface area contributed by atoms with Crippen LogP contribution in [0.4, 0.5) is 0 Å². The number of carbonyl (C=O) groups excluding carboxylic acids is 3. The zero-order valence-electron chi connectivity index (χ0n) is 49.9. The van der Waals surface area contributed by atoms with Gasteiger partial charge in [0.25, 0.3) is 0 Å². The molecule has 6 heteroatoms. The maximum absolute atomic E-state index is 13.7. The smallest absolute Gasteiger partial charge is 0.305 e. The van der Waals surface area contributed by atoms with E-state index < -0.39 is 0 Å². The largest absolute Gasteiger partial charge is 0.466 e. The summed E-state index contributed by atoms with van der Waals surface area (Å²) in [6.45, 7) is 15.7. The van der Waals surface area contributed by atoms with E-state index >= 15 is 0 Å². The fourth-order valence-corrected chi connectivity index (χ4v) is 11.1. The van der Waals surface area contributed by atoms with Crippen LogP contribution in [0.1, 0.15) is 369 Å². The Bertz CT molecular complexity index is 1130. The van der Waals surface area contributed by atoms with E-state index in [1.165, 1.54) is 250 Å². The highest BCUT2D eigenvalue weighted by atomic mass is 16.5. The predicted molar refractivity (Wildman–Crippen MR) is 314 cm³/mol. The van der Waals surface area contributed by atoms with Crippen molar-refractivity contribution < 1.29 is 23.9 Å². The van der Waals surface area contributed by atoms with Crippen LogP contribution < -0.4 is 0 Å². The molecule has 0 aliphatic carbocycles. The molecule has 0 aromatic heterocycles. The van der Waals surface area contributed by atoms with Crippen LogP contribution in [0.15, 0.2) is 0 Å². The Morgan fingerprint density at radius 1 is 0.306 bits per heavy atom. The Hall–Kier alpha value is -1.59. The third kappa shape index (κ3) is 48.1. The summed E-state index contributed by atoms with van der Waals surface area (Å²) >= 11 is 0. The third-order valence-corrected chi connectivity index (χ3v) is 15.9. The maximum atomic E-state index is 13.7. The molecule has 0 heterocycles. The van der Waals surface area contributed by atoms with E-state index in [4.69, 9.17) is 9.47 Å². The first-order valence-corrected chi connectivity index (χ1v) is 33.0. The van der Waals surface area contributed by atoms with Crippen LogP contribution in [0.2, 0.25) is 0 Å². The van der Waals surface area contributed by atoms with Crippen molar-refractivity contribution in [1.29, 1.82) is 0 Å². The van der Waals surface area contributed by atoms with Gasteiger partial charge in [0.15, 0.2) is 0 Å². The van der Waals surface area contributed by atoms with E-state index in [-0.39, 0.29) is 11.9 Å². The van der Waals surface area contributed by atoms with Crippen molar-refractivity contribution in [3.63, 3.8) is 0 Å². The molecule has 3 unspecified atom stereocenters. The normalized spacial score (nSPS) is 12.8. The summed E-state index contributed by atoms with van der Waals surface area (Å²) in [6.07, 6.45) is 61.2. The molecule has 428 valence electrons. The van der Waals surface area contributed by atoms with Crippen LogP contribution in [-0.4, -0.2) is 48.5 Å². The molecular formula is C66H129NO5. The lowest BCUT2D eigenvalue weighted by molar-refractivity contribution is -0.145. The number of esters is 2. The van der Waals surface area contributed by atoms with Gasteiger partial charge in [-0.3, -0.25) is 14.4 Å². The van der Waals surface area contributed by atoms with Gasteiger partial charge in [-0.1, -0.05) is 292 Å². The van der Waals surface area contributed by atoms with Gasteiger partial charge >= 0.3 is 11.9 Å². The minimum atomic E-state index is 0.00545. The number of rotatable bonds is 59. The highest BCUT2D eigenvalue weighted by molar-refractivity contribution is 5.76. The van der Waals surface area contributed by atoms with E-state index in [1.54, 1.807) is 0 Å². The number of nitrogens with zero attached hydrogens (tertiary/aromatic N) is 1. The molecule has 0 aromatic carbocycles. The van der Waals surface area contributed by atoms with Crippen molar-refractivity contribution in [3.05, 3.63) is 0 Å². The summed E-state index contributed by atoms with van der Waals surface area (Å²) in [5.74, 6) is 1.64. The monoisotopic (exact) mass is 1020 g/mol.